The molecule has 2 aliphatic rings. The predicted octanol–water partition coefficient (Wildman–Crippen LogP) is 3.90. The molecule has 6 nitrogen and oxygen atoms in total. The molecule has 1 saturated carbocycles. The standard InChI is InChI=1S/C24H30F2N4O2/c1-30-11-10-24(15-4-7-20(31-2)21(12-15)32-3)9-8-17(14-22(24)30)28-23(27)29-19-6-5-16(25)13-18(19)26/h4-7,12-13,17,22H,8-11,14H2,1-3H3,(H3,27,28,29). The number of aliphatic imine (C=N–C) groups is 1. The van der Waals surface area contributed by atoms with Gasteiger partial charge < -0.3 is 25.4 Å². The Balaban J connectivity index is 1.54. The Bertz CT molecular complexity index is 1020. The molecule has 0 bridgehead atoms. The molecule has 172 valence electrons. The molecule has 2 aromatic carbocycles. The van der Waals surface area contributed by atoms with E-state index in [0.717, 1.165) is 49.8 Å². The Morgan fingerprint density at radius 1 is 1.12 bits per heavy atom. The number of rotatable bonds is 5. The number of ether oxygens (including phenoxy) is 2. The molecule has 0 radical (unpaired) electrons. The Hall–Kier alpha value is -2.87. The van der Waals surface area contributed by atoms with Crippen molar-refractivity contribution in [2.24, 2.45) is 10.7 Å². The van der Waals surface area contributed by atoms with E-state index in [1.807, 2.05) is 6.07 Å². The lowest BCUT2D eigenvalue weighted by Gasteiger charge is -2.44. The van der Waals surface area contributed by atoms with Gasteiger partial charge in [-0.3, -0.25) is 0 Å². The number of likely N-dealkylation sites (N-methyl/N-ethyl adjacent to an activating group) is 1. The normalized spacial score (nSPS) is 26.0. The number of hydrogen-bond acceptors (Lipinski definition) is 4. The number of nitrogens with one attached hydrogen (secondary N) is 1. The van der Waals surface area contributed by atoms with Crippen molar-refractivity contribution in [2.45, 2.75) is 43.2 Å². The average Bonchev–Trinajstić information content (AvgIpc) is 3.12. The average molecular weight is 445 g/mol. The molecule has 32 heavy (non-hydrogen) atoms. The summed E-state index contributed by atoms with van der Waals surface area (Å²) >= 11 is 0. The number of nitrogens with two attached hydrogens (primary N) is 1. The van der Waals surface area contributed by atoms with Crippen LogP contribution in [0.1, 0.15) is 31.2 Å². The molecule has 3 atom stereocenters. The lowest BCUT2D eigenvalue weighted by Crippen LogP contribution is -2.47. The molecule has 1 heterocycles. The third-order valence-corrected chi connectivity index (χ3v) is 6.97. The lowest BCUT2D eigenvalue weighted by molar-refractivity contribution is 0.168. The molecule has 0 amide bonds. The molecule has 1 aliphatic heterocycles. The largest absolute Gasteiger partial charge is 0.493 e. The molecule has 2 aromatic rings. The van der Waals surface area contributed by atoms with E-state index in [-0.39, 0.29) is 23.1 Å². The van der Waals surface area contributed by atoms with E-state index in [1.54, 1.807) is 14.2 Å². The molecule has 0 aromatic heterocycles. The number of fused-ring (bicyclic) bond motifs is 1. The summed E-state index contributed by atoms with van der Waals surface area (Å²) in [5.74, 6) is 0.268. The quantitative estimate of drug-likeness (QED) is 0.541. The van der Waals surface area contributed by atoms with Gasteiger partial charge in [0.15, 0.2) is 17.5 Å². The topological polar surface area (TPSA) is 72.1 Å². The van der Waals surface area contributed by atoms with Crippen LogP contribution in [0.3, 0.4) is 0 Å². The van der Waals surface area contributed by atoms with Crippen molar-refractivity contribution in [2.75, 3.05) is 33.1 Å². The van der Waals surface area contributed by atoms with Crippen molar-refractivity contribution in [3.8, 4) is 11.5 Å². The second kappa shape index (κ2) is 8.94. The maximum absolute atomic E-state index is 13.9. The van der Waals surface area contributed by atoms with Crippen LogP contribution in [0, 0.1) is 11.6 Å². The molecule has 0 spiro atoms. The SMILES string of the molecule is COc1ccc(C23CCC(N=C(N)Nc4ccc(F)cc4F)CC2N(C)CC3)cc1OC. The van der Waals surface area contributed by atoms with E-state index in [2.05, 4.69) is 34.4 Å². The fraction of sp³-hybridized carbons (Fsp3) is 0.458. The number of methoxy groups -OCH3 is 2. The number of benzene rings is 2. The van der Waals surface area contributed by atoms with Crippen LogP contribution in [0.2, 0.25) is 0 Å². The number of nitrogens with zero attached hydrogens (tertiary/aromatic N) is 2. The van der Waals surface area contributed by atoms with Crippen LogP contribution in [0.25, 0.3) is 0 Å². The van der Waals surface area contributed by atoms with Crippen LogP contribution >= 0.6 is 0 Å². The van der Waals surface area contributed by atoms with Gasteiger partial charge in [0.1, 0.15) is 11.6 Å². The maximum Gasteiger partial charge on any atom is 0.193 e. The summed E-state index contributed by atoms with van der Waals surface area (Å²) in [6.07, 6.45) is 3.74. The second-order valence-electron chi connectivity index (χ2n) is 8.66. The Kier molecular flexibility index (Phi) is 6.24. The van der Waals surface area contributed by atoms with Crippen molar-refractivity contribution in [3.05, 3.63) is 53.6 Å². The van der Waals surface area contributed by atoms with Crippen LogP contribution in [0.4, 0.5) is 14.5 Å². The minimum atomic E-state index is -0.699. The summed E-state index contributed by atoms with van der Waals surface area (Å²) in [4.78, 5) is 7.02. The van der Waals surface area contributed by atoms with E-state index in [1.165, 1.54) is 17.7 Å². The van der Waals surface area contributed by atoms with Crippen molar-refractivity contribution in [1.29, 1.82) is 0 Å². The summed E-state index contributed by atoms with van der Waals surface area (Å²) < 4.78 is 38.0. The van der Waals surface area contributed by atoms with Crippen molar-refractivity contribution in [1.82, 2.24) is 4.90 Å². The minimum Gasteiger partial charge on any atom is -0.493 e. The zero-order valence-corrected chi connectivity index (χ0v) is 18.7. The van der Waals surface area contributed by atoms with E-state index in [9.17, 15) is 8.78 Å². The smallest absolute Gasteiger partial charge is 0.193 e. The van der Waals surface area contributed by atoms with E-state index < -0.39 is 11.6 Å². The van der Waals surface area contributed by atoms with E-state index >= 15 is 0 Å². The number of likely N-dealkylation sites (tertiary alicyclic amines) is 1. The van der Waals surface area contributed by atoms with Crippen molar-refractivity contribution < 1.29 is 18.3 Å². The summed E-state index contributed by atoms with van der Waals surface area (Å²) in [6, 6.07) is 9.86. The van der Waals surface area contributed by atoms with Gasteiger partial charge in [0.05, 0.1) is 25.9 Å². The van der Waals surface area contributed by atoms with E-state index in [4.69, 9.17) is 15.2 Å². The van der Waals surface area contributed by atoms with Gasteiger partial charge >= 0.3 is 0 Å². The van der Waals surface area contributed by atoms with Crippen LogP contribution in [0.5, 0.6) is 11.5 Å². The summed E-state index contributed by atoms with van der Waals surface area (Å²) in [5, 5.41) is 2.77. The second-order valence-corrected chi connectivity index (χ2v) is 8.66. The van der Waals surface area contributed by atoms with Gasteiger partial charge in [-0.25, -0.2) is 13.8 Å². The third kappa shape index (κ3) is 4.11. The lowest BCUT2D eigenvalue weighted by atomic mass is 9.65. The Morgan fingerprint density at radius 3 is 2.62 bits per heavy atom. The molecule has 1 aliphatic carbocycles. The van der Waals surface area contributed by atoms with Gasteiger partial charge in [-0.2, -0.15) is 0 Å². The van der Waals surface area contributed by atoms with Crippen LogP contribution in [-0.4, -0.2) is 50.8 Å². The first-order chi connectivity index (χ1) is 15.4. The summed E-state index contributed by atoms with van der Waals surface area (Å²) in [5.41, 5.74) is 7.45. The van der Waals surface area contributed by atoms with Gasteiger partial charge in [-0.15, -0.1) is 0 Å². The fourth-order valence-electron chi connectivity index (χ4n) is 5.32. The fourth-order valence-corrected chi connectivity index (χ4v) is 5.32. The monoisotopic (exact) mass is 444 g/mol. The highest BCUT2D eigenvalue weighted by molar-refractivity contribution is 5.92. The maximum atomic E-state index is 13.9. The summed E-state index contributed by atoms with van der Waals surface area (Å²) in [6.45, 7) is 1.00. The van der Waals surface area contributed by atoms with Crippen LogP contribution in [-0.2, 0) is 5.41 Å². The Morgan fingerprint density at radius 2 is 1.91 bits per heavy atom. The number of hydrogen-bond donors (Lipinski definition) is 2. The molecule has 3 N–H and O–H groups in total. The first kappa shape index (κ1) is 22.3. The molecule has 4 rings (SSSR count). The molecule has 2 fully saturated rings. The molecule has 3 unspecified atom stereocenters. The zero-order chi connectivity index (χ0) is 22.9. The van der Waals surface area contributed by atoms with Crippen LogP contribution in [0.15, 0.2) is 41.4 Å². The minimum absolute atomic E-state index is 0.0184. The molecule has 8 heteroatoms. The van der Waals surface area contributed by atoms with Gasteiger partial charge in [0.2, 0.25) is 0 Å². The molecular formula is C24H30F2N4O2. The number of halogens is 2. The molecule has 1 saturated heterocycles. The van der Waals surface area contributed by atoms with Crippen molar-refractivity contribution >= 4 is 11.6 Å². The van der Waals surface area contributed by atoms with Crippen molar-refractivity contribution in [3.63, 3.8) is 0 Å². The highest BCUT2D eigenvalue weighted by Crippen LogP contribution is 2.50. The van der Waals surface area contributed by atoms with Gasteiger partial charge in [-0.05, 0) is 69.1 Å². The van der Waals surface area contributed by atoms with Gasteiger partial charge in [0, 0.05) is 17.5 Å². The third-order valence-electron chi connectivity index (χ3n) is 6.97. The summed E-state index contributed by atoms with van der Waals surface area (Å²) in [7, 11) is 5.44. The first-order valence-corrected chi connectivity index (χ1v) is 10.8. The highest BCUT2D eigenvalue weighted by atomic mass is 19.1. The number of guanidine groups is 1. The Labute approximate surface area is 187 Å². The van der Waals surface area contributed by atoms with Gasteiger partial charge in [0.25, 0.3) is 0 Å². The number of anilines is 1. The molecular weight excluding hydrogens is 414 g/mol. The van der Waals surface area contributed by atoms with Crippen LogP contribution < -0.4 is 20.5 Å². The van der Waals surface area contributed by atoms with Gasteiger partial charge in [-0.1, -0.05) is 6.07 Å². The zero-order valence-electron chi connectivity index (χ0n) is 18.7. The highest BCUT2D eigenvalue weighted by Gasteiger charge is 2.50. The predicted molar refractivity (Wildman–Crippen MR) is 122 cm³/mol. The first-order valence-electron chi connectivity index (χ1n) is 10.8. The van der Waals surface area contributed by atoms with E-state index in [0.29, 0.717) is 6.04 Å².